The van der Waals surface area contributed by atoms with Gasteiger partial charge in [-0.25, -0.2) is 0 Å². The molecule has 1 saturated heterocycles. The van der Waals surface area contributed by atoms with E-state index in [1.807, 2.05) is 42.5 Å². The van der Waals surface area contributed by atoms with Crippen molar-refractivity contribution in [3.8, 4) is 11.5 Å². The molecule has 1 aliphatic heterocycles. The molecule has 0 radical (unpaired) electrons. The fraction of sp³-hybridized carbons (Fsp3) is 0.103. The van der Waals surface area contributed by atoms with Crippen molar-refractivity contribution in [3.05, 3.63) is 109 Å². The van der Waals surface area contributed by atoms with Crippen molar-refractivity contribution in [3.63, 3.8) is 0 Å². The number of imide groups is 1. The molecule has 192 valence electrons. The number of halogens is 3. The number of nitrogens with zero attached hydrogens (tertiary/aromatic N) is 1. The van der Waals surface area contributed by atoms with Gasteiger partial charge in [0.25, 0.3) is 11.1 Å². The fourth-order valence-electron chi connectivity index (χ4n) is 4.06. The molecule has 0 aromatic heterocycles. The van der Waals surface area contributed by atoms with Crippen LogP contribution in [0.5, 0.6) is 11.5 Å². The molecule has 0 unspecified atom stereocenters. The third kappa shape index (κ3) is 5.71. The van der Waals surface area contributed by atoms with Crippen LogP contribution in [0.25, 0.3) is 16.8 Å². The molecule has 5 rings (SSSR count). The van der Waals surface area contributed by atoms with Crippen molar-refractivity contribution in [1.29, 1.82) is 0 Å². The van der Waals surface area contributed by atoms with Crippen LogP contribution in [0, 0.1) is 0 Å². The van der Waals surface area contributed by atoms with E-state index < -0.39 is 0 Å². The van der Waals surface area contributed by atoms with Gasteiger partial charge in [-0.3, -0.25) is 14.5 Å². The second-order valence-corrected chi connectivity index (χ2v) is 11.2. The number of carbonyl (C=O) groups excluding carboxylic acids is 2. The summed E-state index contributed by atoms with van der Waals surface area (Å²) in [6.07, 6.45) is 1.68. The maximum absolute atomic E-state index is 13.1. The Morgan fingerprint density at radius 3 is 2.53 bits per heavy atom. The molecule has 9 heteroatoms. The molecule has 2 amide bonds. The summed E-state index contributed by atoms with van der Waals surface area (Å²) in [6.45, 7) is 0.415. The number of ether oxygens (including phenoxy) is 2. The summed E-state index contributed by atoms with van der Waals surface area (Å²) >= 11 is 16.7. The largest absolute Gasteiger partial charge is 0.493 e. The fourth-order valence-corrected chi connectivity index (χ4v) is 5.93. The molecule has 0 bridgehead atoms. The zero-order valence-corrected chi connectivity index (χ0v) is 24.0. The topological polar surface area (TPSA) is 55.8 Å². The zero-order chi connectivity index (χ0) is 26.8. The van der Waals surface area contributed by atoms with Crippen molar-refractivity contribution in [2.75, 3.05) is 7.11 Å². The van der Waals surface area contributed by atoms with E-state index in [-0.39, 0.29) is 24.3 Å². The van der Waals surface area contributed by atoms with Crippen LogP contribution in [0.4, 0.5) is 4.79 Å². The van der Waals surface area contributed by atoms with Crippen LogP contribution in [0.2, 0.25) is 10.0 Å². The van der Waals surface area contributed by atoms with Gasteiger partial charge in [0.2, 0.25) is 0 Å². The minimum Gasteiger partial charge on any atom is -0.493 e. The van der Waals surface area contributed by atoms with Gasteiger partial charge in [-0.05, 0) is 86.0 Å². The Kier molecular flexibility index (Phi) is 8.00. The van der Waals surface area contributed by atoms with Gasteiger partial charge in [-0.15, -0.1) is 0 Å². The maximum atomic E-state index is 13.1. The van der Waals surface area contributed by atoms with E-state index >= 15 is 0 Å². The summed E-state index contributed by atoms with van der Waals surface area (Å²) in [5, 5.41) is 2.91. The van der Waals surface area contributed by atoms with E-state index in [4.69, 9.17) is 32.7 Å². The highest BCUT2D eigenvalue weighted by molar-refractivity contribution is 9.10. The van der Waals surface area contributed by atoms with Gasteiger partial charge >= 0.3 is 0 Å². The minimum absolute atomic E-state index is 0.206. The van der Waals surface area contributed by atoms with E-state index in [0.717, 1.165) is 33.7 Å². The first-order chi connectivity index (χ1) is 18.3. The monoisotopic (exact) mass is 627 g/mol. The Balaban J connectivity index is 1.34. The zero-order valence-electron chi connectivity index (χ0n) is 20.0. The van der Waals surface area contributed by atoms with E-state index in [1.54, 1.807) is 36.4 Å². The number of methoxy groups -OCH3 is 1. The van der Waals surface area contributed by atoms with E-state index in [0.29, 0.717) is 36.5 Å². The summed E-state index contributed by atoms with van der Waals surface area (Å²) in [6, 6.07) is 22.7. The summed E-state index contributed by atoms with van der Waals surface area (Å²) in [7, 11) is 1.53. The summed E-state index contributed by atoms with van der Waals surface area (Å²) in [5.41, 5.74) is 2.34. The van der Waals surface area contributed by atoms with Crippen molar-refractivity contribution < 1.29 is 19.1 Å². The molecule has 4 aromatic rings. The molecule has 1 aliphatic rings. The highest BCUT2D eigenvalue weighted by Gasteiger charge is 2.35. The lowest BCUT2D eigenvalue weighted by molar-refractivity contribution is -0.123. The van der Waals surface area contributed by atoms with Crippen molar-refractivity contribution >= 4 is 78.9 Å². The van der Waals surface area contributed by atoms with Crippen LogP contribution < -0.4 is 9.47 Å². The molecule has 0 saturated carbocycles. The van der Waals surface area contributed by atoms with Crippen LogP contribution in [0.1, 0.15) is 16.7 Å². The van der Waals surface area contributed by atoms with Crippen molar-refractivity contribution in [2.45, 2.75) is 13.2 Å². The van der Waals surface area contributed by atoms with Gasteiger partial charge in [0.05, 0.1) is 23.0 Å². The normalized spacial score (nSPS) is 14.5. The highest BCUT2D eigenvalue weighted by atomic mass is 79.9. The first-order valence-corrected chi connectivity index (χ1v) is 13.9. The number of fused-ring (bicyclic) bond motifs is 1. The Bertz CT molecular complexity index is 1610. The lowest BCUT2D eigenvalue weighted by atomic mass is 10.1. The Labute approximate surface area is 242 Å². The number of rotatable bonds is 7. The standard InChI is InChI=1S/C29H20BrCl2NO4S/c1-36-25-12-18(11-23(30)27(25)37-16-21-8-9-22(31)14-24(21)32)13-26-28(34)33(29(35)38-26)15-17-6-7-19-4-2-3-5-20(19)10-17/h2-14H,15-16H2,1H3/b26-13-. The molecule has 38 heavy (non-hydrogen) atoms. The lowest BCUT2D eigenvalue weighted by Gasteiger charge is -2.15. The SMILES string of the molecule is COc1cc(/C=C2\SC(=O)N(Cc3ccc4ccccc4c3)C2=O)cc(Br)c1OCc1ccc(Cl)cc1Cl. The number of hydrogen-bond donors (Lipinski definition) is 0. The summed E-state index contributed by atoms with van der Waals surface area (Å²) in [4.78, 5) is 27.5. The molecule has 4 aromatic carbocycles. The van der Waals surface area contributed by atoms with E-state index in [2.05, 4.69) is 15.9 Å². The first-order valence-electron chi connectivity index (χ1n) is 11.5. The van der Waals surface area contributed by atoms with Crippen LogP contribution >= 0.6 is 50.9 Å². The number of benzene rings is 4. The number of thioether (sulfide) groups is 1. The number of hydrogen-bond acceptors (Lipinski definition) is 5. The van der Waals surface area contributed by atoms with Crippen LogP contribution in [0.3, 0.4) is 0 Å². The number of carbonyl (C=O) groups is 2. The van der Waals surface area contributed by atoms with Crippen molar-refractivity contribution in [2.24, 2.45) is 0 Å². The van der Waals surface area contributed by atoms with Crippen molar-refractivity contribution in [1.82, 2.24) is 4.90 Å². The van der Waals surface area contributed by atoms with Crippen LogP contribution in [-0.2, 0) is 17.9 Å². The molecule has 0 N–H and O–H groups in total. The molecule has 5 nitrogen and oxygen atoms in total. The maximum Gasteiger partial charge on any atom is 0.293 e. The first kappa shape index (κ1) is 26.6. The molecule has 1 fully saturated rings. The van der Waals surface area contributed by atoms with Gasteiger partial charge in [0.1, 0.15) is 6.61 Å². The van der Waals surface area contributed by atoms with Crippen LogP contribution in [-0.4, -0.2) is 23.2 Å². The molecule has 0 atom stereocenters. The third-order valence-electron chi connectivity index (χ3n) is 5.96. The van der Waals surface area contributed by atoms with Gasteiger partial charge in [0.15, 0.2) is 11.5 Å². The Morgan fingerprint density at radius 1 is 0.974 bits per heavy atom. The summed E-state index contributed by atoms with van der Waals surface area (Å²) < 4.78 is 12.2. The van der Waals surface area contributed by atoms with Gasteiger partial charge in [-0.2, -0.15) is 0 Å². The second kappa shape index (κ2) is 11.4. The molecule has 1 heterocycles. The molecule has 0 aliphatic carbocycles. The molecular formula is C29H20BrCl2NO4S. The summed E-state index contributed by atoms with van der Waals surface area (Å²) in [5.74, 6) is 0.618. The molecule has 0 spiro atoms. The van der Waals surface area contributed by atoms with Gasteiger partial charge in [0, 0.05) is 15.6 Å². The van der Waals surface area contributed by atoms with Gasteiger partial charge in [-0.1, -0.05) is 65.7 Å². The Hall–Kier alpha value is -2.97. The van der Waals surface area contributed by atoms with E-state index in [9.17, 15) is 9.59 Å². The lowest BCUT2D eigenvalue weighted by Crippen LogP contribution is -2.27. The predicted molar refractivity (Wildman–Crippen MR) is 157 cm³/mol. The van der Waals surface area contributed by atoms with Crippen LogP contribution in [0.15, 0.2) is 82.2 Å². The Morgan fingerprint density at radius 2 is 1.76 bits per heavy atom. The van der Waals surface area contributed by atoms with E-state index in [1.165, 1.54) is 12.0 Å². The average Bonchev–Trinajstić information content (AvgIpc) is 3.15. The number of amides is 2. The molecular weight excluding hydrogens is 609 g/mol. The van der Waals surface area contributed by atoms with Gasteiger partial charge < -0.3 is 9.47 Å². The highest BCUT2D eigenvalue weighted by Crippen LogP contribution is 2.40. The second-order valence-electron chi connectivity index (χ2n) is 8.51. The predicted octanol–water partition coefficient (Wildman–Crippen LogP) is 8.73. The average molecular weight is 629 g/mol. The smallest absolute Gasteiger partial charge is 0.293 e. The third-order valence-corrected chi connectivity index (χ3v) is 8.05. The quantitative estimate of drug-likeness (QED) is 0.192. The minimum atomic E-state index is -0.332.